The number of hydrogen-bond donors (Lipinski definition) is 0. The van der Waals surface area contributed by atoms with Gasteiger partial charge >= 0.3 is 17.1 Å². The van der Waals surface area contributed by atoms with Crippen molar-refractivity contribution in [1.82, 2.24) is 19.6 Å². The fourth-order valence-electron chi connectivity index (χ4n) is 2.94. The number of rotatable bonds is 5. The van der Waals surface area contributed by atoms with Crippen molar-refractivity contribution in [3.63, 3.8) is 0 Å². The van der Waals surface area contributed by atoms with Gasteiger partial charge in [0, 0.05) is 17.1 Å². The smallest absolute Gasteiger partial charge is 0.872 e. The Balaban J connectivity index is 0.000000565. The van der Waals surface area contributed by atoms with Crippen molar-refractivity contribution in [2.24, 2.45) is 4.99 Å². The third-order valence-electron chi connectivity index (χ3n) is 4.48. The first-order chi connectivity index (χ1) is 14.1. The number of aromatic nitrogens is 4. The monoisotopic (exact) mass is 490 g/mol. The van der Waals surface area contributed by atoms with Crippen LogP contribution in [-0.4, -0.2) is 42.8 Å². The van der Waals surface area contributed by atoms with Crippen LogP contribution in [0.5, 0.6) is 5.75 Å². The summed E-state index contributed by atoms with van der Waals surface area (Å²) in [4.78, 5) is 14.3. The van der Waals surface area contributed by atoms with E-state index in [1.54, 1.807) is 25.1 Å². The Morgan fingerprint density at radius 3 is 1.88 bits per heavy atom. The fourth-order valence-corrected chi connectivity index (χ4v) is 2.94. The van der Waals surface area contributed by atoms with Crippen LogP contribution in [0, 0.1) is 27.7 Å². The molecule has 0 saturated heterocycles. The largest absolute Gasteiger partial charge is 2.00 e. The van der Waals surface area contributed by atoms with Crippen molar-refractivity contribution < 1.29 is 37.6 Å². The molecule has 1 aromatic carbocycles. The Morgan fingerprint density at radius 1 is 1.03 bits per heavy atom. The molecule has 2 N–H and O–H groups in total. The van der Waals surface area contributed by atoms with Gasteiger partial charge in [-0.15, -0.1) is 0 Å². The van der Waals surface area contributed by atoms with E-state index in [9.17, 15) is 15.0 Å². The molecule has 0 bridgehead atoms. The summed E-state index contributed by atoms with van der Waals surface area (Å²) < 4.78 is 3.93. The molecule has 0 aliphatic carbocycles. The Kier molecular flexibility index (Phi) is 11.6. The molecule has 0 spiro atoms. The zero-order chi connectivity index (χ0) is 22.4. The number of carboxylic acid groups (broad SMARTS) is 1. The van der Waals surface area contributed by atoms with E-state index in [1.165, 1.54) is 24.4 Å². The van der Waals surface area contributed by atoms with Crippen LogP contribution in [0.4, 0.5) is 0 Å². The first kappa shape index (κ1) is 29.1. The van der Waals surface area contributed by atoms with Crippen LogP contribution in [0.25, 0.3) is 0 Å². The van der Waals surface area contributed by atoms with E-state index in [4.69, 9.17) is 0 Å². The number of carbonyl (C=O) groups is 1. The summed E-state index contributed by atoms with van der Waals surface area (Å²) in [5.74, 6) is -1.41. The summed E-state index contributed by atoms with van der Waals surface area (Å²) in [6.07, 6.45) is 0. The van der Waals surface area contributed by atoms with Gasteiger partial charge in [0.25, 0.3) is 0 Å². The van der Waals surface area contributed by atoms with E-state index in [2.05, 4.69) is 41.2 Å². The number of carboxylic acids is 1. The molecule has 3 rings (SSSR count). The molecule has 0 aliphatic rings. The maximum atomic E-state index is 11.4. The number of hydrogen-bond acceptors (Lipinski definition) is 6. The second-order valence-electron chi connectivity index (χ2n) is 7.20. The van der Waals surface area contributed by atoms with E-state index in [0.717, 1.165) is 11.4 Å². The van der Waals surface area contributed by atoms with Crippen molar-refractivity contribution in [3.8, 4) is 5.75 Å². The van der Waals surface area contributed by atoms with E-state index >= 15 is 0 Å². The van der Waals surface area contributed by atoms with Gasteiger partial charge in [0.05, 0.1) is 23.4 Å². The van der Waals surface area contributed by atoms with Gasteiger partial charge < -0.3 is 20.5 Å². The van der Waals surface area contributed by atoms with Crippen molar-refractivity contribution in [1.29, 1.82) is 0 Å². The molecule has 0 saturated carbocycles. The molecule has 0 amide bonds. The molecule has 32 heavy (non-hydrogen) atoms. The molecule has 1 atom stereocenters. The van der Waals surface area contributed by atoms with Gasteiger partial charge in [-0.05, 0) is 59.2 Å². The van der Waals surface area contributed by atoms with Gasteiger partial charge in [-0.25, -0.2) is 9.36 Å². The van der Waals surface area contributed by atoms with Crippen LogP contribution in [-0.2, 0) is 28.5 Å². The zero-order valence-corrected chi connectivity index (χ0v) is 20.0. The summed E-state index contributed by atoms with van der Waals surface area (Å²) in [6, 6.07) is 9.57. The second kappa shape index (κ2) is 12.8. The molecular weight excluding hydrogens is 462 g/mol. The van der Waals surface area contributed by atoms with Crippen LogP contribution >= 0.6 is 0 Å². The summed E-state index contributed by atoms with van der Waals surface area (Å²) in [7, 11) is 0. The van der Waals surface area contributed by atoms with Crippen LogP contribution in [0.2, 0.25) is 0 Å². The Labute approximate surface area is 198 Å². The Bertz CT molecular complexity index is 1010. The summed E-state index contributed by atoms with van der Waals surface area (Å²) in [5.41, 5.74) is 5.27. The molecule has 3 aromatic rings. The first-order valence-corrected chi connectivity index (χ1v) is 9.62. The molecule has 0 fully saturated rings. The number of aliphatic imine (C=N–C) groups is 1. The van der Waals surface area contributed by atoms with E-state index in [1.807, 2.05) is 23.2 Å². The van der Waals surface area contributed by atoms with Gasteiger partial charge in [0.1, 0.15) is 6.67 Å². The SMILES string of the molecule is CC(=N[C@H](C)C(=O)[O-])c1ccccc1[O-].Cc1cc(C)n(Cn2nc(C)cc2C)n1.O.[Cu+2]. The fraction of sp³-hybridized carbons (Fsp3) is 0.364. The van der Waals surface area contributed by atoms with E-state index < -0.39 is 12.0 Å². The molecule has 2 aromatic heterocycles. The van der Waals surface area contributed by atoms with Crippen LogP contribution in [0.3, 0.4) is 0 Å². The topological polar surface area (TPSA) is 143 Å². The van der Waals surface area contributed by atoms with Crippen molar-refractivity contribution >= 4 is 11.7 Å². The number of carbonyl (C=O) groups excluding carboxylic acids is 1. The molecule has 1 radical (unpaired) electrons. The van der Waals surface area contributed by atoms with Crippen molar-refractivity contribution in [2.45, 2.75) is 54.3 Å². The zero-order valence-electron chi connectivity index (χ0n) is 19.0. The van der Waals surface area contributed by atoms with Crippen LogP contribution < -0.4 is 10.2 Å². The number of nitrogens with zero attached hydrogens (tertiary/aromatic N) is 5. The minimum absolute atomic E-state index is 0. The van der Waals surface area contributed by atoms with Crippen LogP contribution in [0.15, 0.2) is 41.4 Å². The maximum Gasteiger partial charge on any atom is 2.00 e. The average Bonchev–Trinajstić information content (AvgIpc) is 3.15. The molecule has 177 valence electrons. The predicted molar refractivity (Wildman–Crippen MR) is 115 cm³/mol. The maximum absolute atomic E-state index is 11.4. The van der Waals surface area contributed by atoms with Gasteiger partial charge in [-0.3, -0.25) is 4.99 Å². The average molecular weight is 491 g/mol. The van der Waals surface area contributed by atoms with Crippen molar-refractivity contribution in [3.05, 3.63) is 64.7 Å². The van der Waals surface area contributed by atoms with Gasteiger partial charge in [-0.1, -0.05) is 30.0 Å². The predicted octanol–water partition coefficient (Wildman–Crippen LogP) is 0.699. The number of aryl methyl sites for hydroxylation is 4. The quantitative estimate of drug-likeness (QED) is 0.382. The van der Waals surface area contributed by atoms with Crippen LogP contribution in [0.1, 0.15) is 42.2 Å². The number of benzene rings is 1. The van der Waals surface area contributed by atoms with E-state index in [-0.39, 0.29) is 28.3 Å². The number of aliphatic carboxylic acids is 1. The van der Waals surface area contributed by atoms with Gasteiger partial charge in [0.15, 0.2) is 0 Å². The van der Waals surface area contributed by atoms with Gasteiger partial charge in [-0.2, -0.15) is 10.2 Å². The normalized spacial score (nSPS) is 11.5. The number of para-hydroxylation sites is 1. The molecule has 10 heteroatoms. The standard InChI is InChI=1S/C11H16N4.C11H13NO3.Cu.H2O/c1-8-5-10(3)14(12-8)7-15-11(4)6-9(2)13-15;1-7(12-8(2)11(14)15)9-5-3-4-6-10(9)13;;/h5-6H,7H2,1-4H3;3-6,8,13H,1-2H3,(H,14,15);;1H2/q;;+2;/p-2/t;8-;;/m.1../s1. The molecular formula is C22H29CuN5O4. The third-order valence-corrected chi connectivity index (χ3v) is 4.48. The van der Waals surface area contributed by atoms with Gasteiger partial charge in [0.2, 0.25) is 0 Å². The molecule has 0 aliphatic heterocycles. The minimum atomic E-state index is -1.25. The van der Waals surface area contributed by atoms with Crippen molar-refractivity contribution in [2.75, 3.05) is 0 Å². The van der Waals surface area contributed by atoms with E-state index in [0.29, 0.717) is 17.9 Å². The first-order valence-electron chi connectivity index (χ1n) is 9.62. The summed E-state index contributed by atoms with van der Waals surface area (Å²) in [6.45, 7) is 11.8. The second-order valence-corrected chi connectivity index (χ2v) is 7.20. The third kappa shape index (κ3) is 7.96. The molecule has 2 heterocycles. The molecule has 0 unspecified atom stereocenters. The summed E-state index contributed by atoms with van der Waals surface area (Å²) in [5, 5.41) is 30.6. The molecule has 9 nitrogen and oxygen atoms in total. The minimum Gasteiger partial charge on any atom is -0.872 e. The Hall–Kier alpha value is -2.94. The Morgan fingerprint density at radius 2 is 1.50 bits per heavy atom. The summed E-state index contributed by atoms with van der Waals surface area (Å²) >= 11 is 0.